The highest BCUT2D eigenvalue weighted by molar-refractivity contribution is 7.08. The van der Waals surface area contributed by atoms with Gasteiger partial charge in [-0.3, -0.25) is 0 Å². The van der Waals surface area contributed by atoms with Gasteiger partial charge < -0.3 is 14.8 Å². The fraction of sp³-hybridized carbons (Fsp3) is 0.133. The summed E-state index contributed by atoms with van der Waals surface area (Å²) >= 11 is 1.68. The van der Waals surface area contributed by atoms with Gasteiger partial charge in [-0.05, 0) is 70.3 Å². The van der Waals surface area contributed by atoms with Crippen molar-refractivity contribution in [2.75, 3.05) is 19.0 Å². The second kappa shape index (κ2) is 13.1. The van der Waals surface area contributed by atoms with Crippen LogP contribution in [0.2, 0.25) is 0 Å². The summed E-state index contributed by atoms with van der Waals surface area (Å²) in [5, 5.41) is 7.63. The Morgan fingerprint density at radius 2 is 1.97 bits per heavy atom. The summed E-state index contributed by atoms with van der Waals surface area (Å²) in [7, 11) is 1.69. The number of methoxy groups -OCH3 is 1. The molecule has 0 unspecified atom stereocenters. The summed E-state index contributed by atoms with van der Waals surface area (Å²) in [5.41, 5.74) is 6.07. The summed E-state index contributed by atoms with van der Waals surface area (Å²) in [4.78, 5) is 0. The highest BCUT2D eigenvalue weighted by Crippen LogP contribution is 2.26. The minimum absolute atomic E-state index is 0.558. The van der Waals surface area contributed by atoms with Crippen LogP contribution in [-0.4, -0.2) is 13.7 Å². The van der Waals surface area contributed by atoms with Crippen molar-refractivity contribution in [3.8, 4) is 11.5 Å². The number of anilines is 1. The van der Waals surface area contributed by atoms with Gasteiger partial charge in [0.2, 0.25) is 0 Å². The first-order valence-corrected chi connectivity index (χ1v) is 12.1. The quantitative estimate of drug-likeness (QED) is 0.272. The van der Waals surface area contributed by atoms with Gasteiger partial charge in [0.1, 0.15) is 11.5 Å². The van der Waals surface area contributed by atoms with Gasteiger partial charge in [0, 0.05) is 23.9 Å². The van der Waals surface area contributed by atoms with Gasteiger partial charge in [-0.1, -0.05) is 61.7 Å². The van der Waals surface area contributed by atoms with Crippen LogP contribution in [0.15, 0.2) is 120 Å². The van der Waals surface area contributed by atoms with Gasteiger partial charge in [0.15, 0.2) is 0 Å². The van der Waals surface area contributed by atoms with E-state index < -0.39 is 0 Å². The largest absolute Gasteiger partial charge is 0.496 e. The predicted molar refractivity (Wildman–Crippen MR) is 147 cm³/mol. The molecule has 0 aliphatic heterocycles. The van der Waals surface area contributed by atoms with E-state index >= 15 is 0 Å². The fourth-order valence-electron chi connectivity index (χ4n) is 3.46. The molecule has 3 nitrogen and oxygen atoms in total. The Kier molecular flexibility index (Phi) is 9.56. The normalized spacial score (nSPS) is 11.9. The molecule has 2 aromatic carbocycles. The lowest BCUT2D eigenvalue weighted by Crippen LogP contribution is -2.04. The maximum Gasteiger partial charge on any atom is 0.122 e. The van der Waals surface area contributed by atoms with Crippen LogP contribution >= 0.6 is 11.3 Å². The van der Waals surface area contributed by atoms with Crippen molar-refractivity contribution >= 4 is 22.6 Å². The first kappa shape index (κ1) is 24.9. The lowest BCUT2D eigenvalue weighted by molar-refractivity contribution is 0.318. The Hall–Kier alpha value is -3.76. The lowest BCUT2D eigenvalue weighted by atomic mass is 10.0. The molecule has 0 atom stereocenters. The Balaban J connectivity index is 1.68. The van der Waals surface area contributed by atoms with Crippen LogP contribution in [0.3, 0.4) is 0 Å². The van der Waals surface area contributed by atoms with Crippen molar-refractivity contribution in [1.82, 2.24) is 0 Å². The second-order valence-electron chi connectivity index (χ2n) is 7.51. The van der Waals surface area contributed by atoms with Gasteiger partial charge in [0.05, 0.1) is 13.7 Å². The third kappa shape index (κ3) is 7.12. The molecule has 174 valence electrons. The molecule has 0 aliphatic carbocycles. The summed E-state index contributed by atoms with van der Waals surface area (Å²) in [6.45, 7) is 10.7. The molecular formula is C30H31NO2S. The Morgan fingerprint density at radius 3 is 2.71 bits per heavy atom. The van der Waals surface area contributed by atoms with E-state index in [1.807, 2.05) is 61.5 Å². The zero-order valence-electron chi connectivity index (χ0n) is 19.8. The van der Waals surface area contributed by atoms with Crippen LogP contribution in [-0.2, 0) is 6.42 Å². The fourth-order valence-corrected chi connectivity index (χ4v) is 4.13. The molecule has 0 aliphatic rings. The number of rotatable bonds is 12. The van der Waals surface area contributed by atoms with Crippen LogP contribution in [0, 0.1) is 0 Å². The smallest absolute Gasteiger partial charge is 0.122 e. The van der Waals surface area contributed by atoms with E-state index in [9.17, 15) is 0 Å². The maximum atomic E-state index is 6.01. The van der Waals surface area contributed by atoms with Gasteiger partial charge in [-0.2, -0.15) is 11.3 Å². The van der Waals surface area contributed by atoms with Crippen LogP contribution in [0.4, 0.5) is 5.69 Å². The number of hydrogen-bond donors (Lipinski definition) is 1. The molecule has 3 aromatic rings. The first-order chi connectivity index (χ1) is 16.6. The highest BCUT2D eigenvalue weighted by atomic mass is 32.1. The molecule has 0 saturated carbocycles. The molecule has 4 heteroatoms. The van der Waals surface area contributed by atoms with E-state index in [0.29, 0.717) is 6.61 Å². The van der Waals surface area contributed by atoms with E-state index in [4.69, 9.17) is 9.47 Å². The number of para-hydroxylation sites is 1. The zero-order chi connectivity index (χ0) is 24.2. The first-order valence-electron chi connectivity index (χ1n) is 11.2. The van der Waals surface area contributed by atoms with Crippen molar-refractivity contribution in [2.24, 2.45) is 0 Å². The number of nitrogens with one attached hydrogen (secondary N) is 1. The van der Waals surface area contributed by atoms with Gasteiger partial charge in [-0.15, -0.1) is 0 Å². The van der Waals surface area contributed by atoms with Gasteiger partial charge in [0.25, 0.3) is 0 Å². The van der Waals surface area contributed by atoms with Crippen molar-refractivity contribution < 1.29 is 9.47 Å². The monoisotopic (exact) mass is 469 g/mol. The minimum Gasteiger partial charge on any atom is -0.496 e. The third-order valence-electron chi connectivity index (χ3n) is 5.12. The SMILES string of the molecule is C=C/C=C(/C=C(\C=C/C)c1ccsc1)C(=C)Nc1cccc(OCCc2ccccc2OC)c1. The molecule has 0 amide bonds. The van der Waals surface area contributed by atoms with Crippen molar-refractivity contribution in [1.29, 1.82) is 0 Å². The van der Waals surface area contributed by atoms with E-state index in [2.05, 4.69) is 53.5 Å². The summed E-state index contributed by atoms with van der Waals surface area (Å²) < 4.78 is 11.4. The highest BCUT2D eigenvalue weighted by Gasteiger charge is 2.06. The number of ether oxygens (including phenoxy) is 2. The van der Waals surface area contributed by atoms with Crippen LogP contribution < -0.4 is 14.8 Å². The number of allylic oxidation sites excluding steroid dienone is 6. The number of hydrogen-bond acceptors (Lipinski definition) is 4. The average Bonchev–Trinajstić information content (AvgIpc) is 3.39. The topological polar surface area (TPSA) is 30.5 Å². The molecule has 1 aromatic heterocycles. The second-order valence-corrected chi connectivity index (χ2v) is 8.29. The van der Waals surface area contributed by atoms with Crippen LogP contribution in [0.5, 0.6) is 11.5 Å². The van der Waals surface area contributed by atoms with Crippen LogP contribution in [0.25, 0.3) is 5.57 Å². The molecular weight excluding hydrogens is 438 g/mol. The van der Waals surface area contributed by atoms with E-state index in [1.165, 1.54) is 5.56 Å². The summed E-state index contributed by atoms with van der Waals surface area (Å²) in [6, 6.07) is 18.0. The molecule has 1 N–H and O–H groups in total. The number of benzene rings is 2. The lowest BCUT2D eigenvalue weighted by Gasteiger charge is -2.14. The molecule has 34 heavy (non-hydrogen) atoms. The van der Waals surface area contributed by atoms with E-state index in [1.54, 1.807) is 24.5 Å². The zero-order valence-corrected chi connectivity index (χ0v) is 20.6. The summed E-state index contributed by atoms with van der Waals surface area (Å²) in [5.74, 6) is 1.68. The molecule has 0 saturated heterocycles. The molecule has 0 bridgehead atoms. The van der Waals surface area contributed by atoms with Gasteiger partial charge in [-0.25, -0.2) is 0 Å². The van der Waals surface area contributed by atoms with Crippen molar-refractivity contribution in [3.63, 3.8) is 0 Å². The Labute approximate surface area is 207 Å². The van der Waals surface area contributed by atoms with Crippen LogP contribution in [0.1, 0.15) is 18.1 Å². The van der Waals surface area contributed by atoms with Gasteiger partial charge >= 0.3 is 0 Å². The van der Waals surface area contributed by atoms with E-state index in [-0.39, 0.29) is 0 Å². The Bertz CT molecular complexity index is 1190. The average molecular weight is 470 g/mol. The summed E-state index contributed by atoms with van der Waals surface area (Å²) in [6.07, 6.45) is 10.8. The van der Waals surface area contributed by atoms with Crippen molar-refractivity contribution in [3.05, 3.63) is 131 Å². The molecule has 0 fully saturated rings. The van der Waals surface area contributed by atoms with Crippen molar-refractivity contribution in [2.45, 2.75) is 13.3 Å². The minimum atomic E-state index is 0.558. The molecule has 0 radical (unpaired) electrons. The Morgan fingerprint density at radius 1 is 1.12 bits per heavy atom. The van der Waals surface area contributed by atoms with E-state index in [0.717, 1.165) is 46.0 Å². The third-order valence-corrected chi connectivity index (χ3v) is 5.80. The molecule has 3 rings (SSSR count). The maximum absolute atomic E-state index is 6.01. The molecule has 0 spiro atoms. The predicted octanol–water partition coefficient (Wildman–Crippen LogP) is 8.08. The standard InChI is InChI=1S/C30H31NO2S/c1-5-10-25(20-26(11-6-2)27-17-19-34-22-27)23(3)31-28-13-9-14-29(21-28)33-18-16-24-12-7-8-15-30(24)32-4/h5-15,17,19-22,31H,1,3,16,18H2,2,4H3/b11-6-,25-10-,26-20+. The number of thiophene rings is 1. The molecule has 1 heterocycles.